The monoisotopic (exact) mass is 271 g/mol. The Morgan fingerprint density at radius 3 is 2.55 bits per heavy atom. The average Bonchev–Trinajstić information content (AvgIpc) is 2.73. The molecular weight excluding hydrogens is 253 g/mol. The Bertz CT molecular complexity index is 635. The van der Waals surface area contributed by atoms with Gasteiger partial charge in [-0.1, -0.05) is 12.1 Å². The number of rotatable bonds is 4. The molecule has 0 unspecified atom stereocenters. The van der Waals surface area contributed by atoms with Crippen LogP contribution in [0.3, 0.4) is 0 Å². The molecule has 2 aromatic rings. The van der Waals surface area contributed by atoms with E-state index >= 15 is 0 Å². The number of hydrogen-bond acceptors (Lipinski definition) is 2. The van der Waals surface area contributed by atoms with Gasteiger partial charge in [0.15, 0.2) is 0 Å². The van der Waals surface area contributed by atoms with Gasteiger partial charge in [0.25, 0.3) is 0 Å². The van der Waals surface area contributed by atoms with Crippen molar-refractivity contribution >= 4 is 0 Å². The minimum atomic E-state index is -0.224. The number of nitrogens with one attached hydrogen (secondary N) is 1. The van der Waals surface area contributed by atoms with Gasteiger partial charge in [0.05, 0.1) is 0 Å². The van der Waals surface area contributed by atoms with E-state index in [9.17, 15) is 4.39 Å². The zero-order valence-corrected chi connectivity index (χ0v) is 11.9. The van der Waals surface area contributed by atoms with Gasteiger partial charge in [-0.25, -0.2) is 4.39 Å². The molecule has 0 radical (unpaired) electrons. The van der Waals surface area contributed by atoms with Crippen LogP contribution >= 0.6 is 0 Å². The standard InChI is InChI=1S/C16H18FN3/c1-11(13-4-6-15(17)7-5-13)19-10-14-8-16(9-18)20(3)12(14)2/h4-8,11,19H,10H2,1-3H3/t11-/m0/s1. The number of benzene rings is 1. The lowest BCUT2D eigenvalue weighted by Crippen LogP contribution is -2.18. The number of halogens is 1. The van der Waals surface area contributed by atoms with Crippen molar-refractivity contribution < 1.29 is 4.39 Å². The third kappa shape index (κ3) is 2.89. The van der Waals surface area contributed by atoms with Crippen molar-refractivity contribution in [2.24, 2.45) is 7.05 Å². The first kappa shape index (κ1) is 14.3. The molecule has 104 valence electrons. The summed E-state index contributed by atoms with van der Waals surface area (Å²) in [4.78, 5) is 0. The molecule has 0 fully saturated rings. The lowest BCUT2D eigenvalue weighted by Gasteiger charge is -2.14. The molecule has 0 bridgehead atoms. The molecule has 0 saturated heterocycles. The summed E-state index contributed by atoms with van der Waals surface area (Å²) in [6, 6.07) is 10.7. The minimum Gasteiger partial charge on any atom is -0.340 e. The number of aromatic nitrogens is 1. The maximum Gasteiger partial charge on any atom is 0.123 e. The first-order valence-electron chi connectivity index (χ1n) is 6.57. The number of nitriles is 1. The van der Waals surface area contributed by atoms with Gasteiger partial charge in [-0.15, -0.1) is 0 Å². The summed E-state index contributed by atoms with van der Waals surface area (Å²) in [7, 11) is 1.89. The quantitative estimate of drug-likeness (QED) is 0.927. The molecule has 1 heterocycles. The summed E-state index contributed by atoms with van der Waals surface area (Å²) >= 11 is 0. The third-order valence-corrected chi connectivity index (χ3v) is 3.72. The van der Waals surface area contributed by atoms with Crippen molar-refractivity contribution in [3.05, 3.63) is 58.7 Å². The fourth-order valence-corrected chi connectivity index (χ4v) is 2.18. The molecular formula is C16H18FN3. The second-order valence-electron chi connectivity index (χ2n) is 4.97. The van der Waals surface area contributed by atoms with Crippen molar-refractivity contribution in [1.29, 1.82) is 5.26 Å². The average molecular weight is 271 g/mol. The van der Waals surface area contributed by atoms with E-state index in [1.54, 1.807) is 12.1 Å². The summed E-state index contributed by atoms with van der Waals surface area (Å²) in [6.45, 7) is 4.72. The Hall–Kier alpha value is -2.12. The van der Waals surface area contributed by atoms with Gasteiger partial charge in [0.2, 0.25) is 0 Å². The zero-order chi connectivity index (χ0) is 14.7. The molecule has 1 atom stereocenters. The van der Waals surface area contributed by atoms with Crippen LogP contribution in [0.1, 0.15) is 35.5 Å². The molecule has 0 aliphatic heterocycles. The summed E-state index contributed by atoms with van der Waals surface area (Å²) in [6.07, 6.45) is 0. The van der Waals surface area contributed by atoms with Crippen LogP contribution in [0.4, 0.5) is 4.39 Å². The van der Waals surface area contributed by atoms with Crippen LogP contribution in [0.15, 0.2) is 30.3 Å². The van der Waals surface area contributed by atoms with Crippen LogP contribution in [-0.4, -0.2) is 4.57 Å². The van der Waals surface area contributed by atoms with Crippen LogP contribution < -0.4 is 5.32 Å². The lowest BCUT2D eigenvalue weighted by atomic mass is 10.1. The maximum atomic E-state index is 12.9. The predicted octanol–water partition coefficient (Wildman–Crippen LogP) is 3.20. The summed E-state index contributed by atoms with van der Waals surface area (Å²) in [5.41, 5.74) is 3.90. The van der Waals surface area contributed by atoms with Crippen molar-refractivity contribution in [3.63, 3.8) is 0 Å². The summed E-state index contributed by atoms with van der Waals surface area (Å²) in [5, 5.41) is 12.4. The first-order valence-corrected chi connectivity index (χ1v) is 6.57. The molecule has 0 saturated carbocycles. The van der Waals surface area contributed by atoms with Crippen molar-refractivity contribution in [3.8, 4) is 6.07 Å². The molecule has 4 heteroatoms. The molecule has 2 rings (SSSR count). The van der Waals surface area contributed by atoms with E-state index in [-0.39, 0.29) is 11.9 Å². The second-order valence-corrected chi connectivity index (χ2v) is 4.97. The molecule has 0 aliphatic rings. The van der Waals surface area contributed by atoms with Gasteiger partial charge >= 0.3 is 0 Å². The molecule has 0 spiro atoms. The molecule has 1 aromatic heterocycles. The van der Waals surface area contributed by atoms with Crippen molar-refractivity contribution in [2.75, 3.05) is 0 Å². The molecule has 3 nitrogen and oxygen atoms in total. The molecule has 0 amide bonds. The molecule has 20 heavy (non-hydrogen) atoms. The van der Waals surface area contributed by atoms with Crippen LogP contribution in [-0.2, 0) is 13.6 Å². The van der Waals surface area contributed by atoms with E-state index in [1.807, 2.05) is 31.5 Å². The maximum absolute atomic E-state index is 12.9. The summed E-state index contributed by atoms with van der Waals surface area (Å²) in [5.74, 6) is -0.224. The van der Waals surface area contributed by atoms with Crippen LogP contribution in [0.2, 0.25) is 0 Å². The fourth-order valence-electron chi connectivity index (χ4n) is 2.18. The highest BCUT2D eigenvalue weighted by Gasteiger charge is 2.10. The van der Waals surface area contributed by atoms with Gasteiger partial charge < -0.3 is 9.88 Å². The van der Waals surface area contributed by atoms with Crippen LogP contribution in [0.5, 0.6) is 0 Å². The highest BCUT2D eigenvalue weighted by molar-refractivity contribution is 5.34. The van der Waals surface area contributed by atoms with E-state index < -0.39 is 0 Å². The zero-order valence-electron chi connectivity index (χ0n) is 11.9. The topological polar surface area (TPSA) is 40.8 Å². The van der Waals surface area contributed by atoms with Crippen molar-refractivity contribution in [1.82, 2.24) is 9.88 Å². The van der Waals surface area contributed by atoms with Gasteiger partial charge in [0.1, 0.15) is 17.6 Å². The lowest BCUT2D eigenvalue weighted by molar-refractivity contribution is 0.569. The highest BCUT2D eigenvalue weighted by atomic mass is 19.1. The largest absolute Gasteiger partial charge is 0.340 e. The third-order valence-electron chi connectivity index (χ3n) is 3.72. The van der Waals surface area contributed by atoms with Crippen LogP contribution in [0, 0.1) is 24.1 Å². The van der Waals surface area contributed by atoms with Gasteiger partial charge in [-0.3, -0.25) is 0 Å². The SMILES string of the molecule is Cc1c(CN[C@@H](C)c2ccc(F)cc2)cc(C#N)n1C. The Balaban J connectivity index is 2.05. The Morgan fingerprint density at radius 2 is 2.00 bits per heavy atom. The van der Waals surface area contributed by atoms with E-state index in [1.165, 1.54) is 12.1 Å². The minimum absolute atomic E-state index is 0.126. The normalized spacial score (nSPS) is 12.2. The van der Waals surface area contributed by atoms with Crippen molar-refractivity contribution in [2.45, 2.75) is 26.4 Å². The van der Waals surface area contributed by atoms with Gasteiger partial charge in [-0.2, -0.15) is 5.26 Å². The Morgan fingerprint density at radius 1 is 1.35 bits per heavy atom. The Labute approximate surface area is 118 Å². The van der Waals surface area contributed by atoms with E-state index in [4.69, 9.17) is 5.26 Å². The summed E-state index contributed by atoms with van der Waals surface area (Å²) < 4.78 is 14.8. The van der Waals surface area contributed by atoms with Gasteiger partial charge in [-0.05, 0) is 43.2 Å². The Kier molecular flexibility index (Phi) is 4.21. The number of hydrogen-bond donors (Lipinski definition) is 1. The van der Waals surface area contributed by atoms with E-state index in [2.05, 4.69) is 11.4 Å². The molecule has 1 N–H and O–H groups in total. The number of nitrogens with zero attached hydrogens (tertiary/aromatic N) is 2. The van der Waals surface area contributed by atoms with E-state index in [0.717, 1.165) is 16.8 Å². The van der Waals surface area contributed by atoms with Crippen LogP contribution in [0.25, 0.3) is 0 Å². The van der Waals surface area contributed by atoms with Gasteiger partial charge in [0, 0.05) is 25.3 Å². The predicted molar refractivity (Wildman–Crippen MR) is 76.5 cm³/mol. The first-order chi connectivity index (χ1) is 9.52. The smallest absolute Gasteiger partial charge is 0.123 e. The second kappa shape index (κ2) is 5.89. The van der Waals surface area contributed by atoms with E-state index in [0.29, 0.717) is 12.2 Å². The molecule has 1 aromatic carbocycles. The fraction of sp³-hybridized carbons (Fsp3) is 0.312. The molecule has 0 aliphatic carbocycles. The highest BCUT2D eigenvalue weighted by Crippen LogP contribution is 2.17.